The predicted octanol–water partition coefficient (Wildman–Crippen LogP) is 0.0568. The molecular formula is C8H16O3. The highest BCUT2D eigenvalue weighted by atomic mass is 16.4. The lowest BCUT2D eigenvalue weighted by molar-refractivity contribution is -0.0181. The van der Waals surface area contributed by atoms with Crippen LogP contribution in [-0.2, 0) is 0 Å². The van der Waals surface area contributed by atoms with Gasteiger partial charge < -0.3 is 15.3 Å². The molecule has 2 atom stereocenters. The molecule has 66 valence electrons. The molecule has 2 unspecified atom stereocenters. The minimum atomic E-state index is -1.00. The van der Waals surface area contributed by atoms with E-state index in [1.165, 1.54) is 0 Å². The zero-order chi connectivity index (χ0) is 8.69. The molecule has 0 aromatic heterocycles. The first kappa shape index (κ1) is 10.6. The van der Waals surface area contributed by atoms with Crippen LogP contribution in [0.25, 0.3) is 0 Å². The second-order valence-corrected chi connectivity index (χ2v) is 2.54. The van der Waals surface area contributed by atoms with Crippen molar-refractivity contribution in [2.45, 2.75) is 31.5 Å². The fourth-order valence-corrected chi connectivity index (χ4v) is 0.785. The maximum atomic E-state index is 9.10. The van der Waals surface area contributed by atoms with Crippen molar-refractivity contribution in [1.29, 1.82) is 0 Å². The van der Waals surface area contributed by atoms with E-state index in [1.54, 1.807) is 6.08 Å². The Morgan fingerprint density at radius 3 is 2.36 bits per heavy atom. The highest BCUT2D eigenvalue weighted by Crippen LogP contribution is 2.04. The zero-order valence-electron chi connectivity index (χ0n) is 6.61. The zero-order valence-corrected chi connectivity index (χ0v) is 6.61. The molecule has 0 bridgehead atoms. The maximum Gasteiger partial charge on any atom is 0.103 e. The van der Waals surface area contributed by atoms with Crippen LogP contribution in [-0.4, -0.2) is 34.1 Å². The van der Waals surface area contributed by atoms with Gasteiger partial charge in [0.25, 0.3) is 0 Å². The van der Waals surface area contributed by atoms with Crippen molar-refractivity contribution in [2.75, 3.05) is 6.61 Å². The quantitative estimate of drug-likeness (QED) is 0.380. The monoisotopic (exact) mass is 160 g/mol. The van der Waals surface area contributed by atoms with Gasteiger partial charge in [0.05, 0.1) is 12.7 Å². The van der Waals surface area contributed by atoms with Gasteiger partial charge in [0.2, 0.25) is 0 Å². The summed E-state index contributed by atoms with van der Waals surface area (Å²) in [5, 5.41) is 26.4. The van der Waals surface area contributed by atoms with Gasteiger partial charge in [-0.3, -0.25) is 0 Å². The van der Waals surface area contributed by atoms with Crippen molar-refractivity contribution in [3.05, 3.63) is 12.7 Å². The summed E-state index contributed by atoms with van der Waals surface area (Å²) >= 11 is 0. The molecule has 0 aliphatic carbocycles. The van der Waals surface area contributed by atoms with Crippen LogP contribution in [0.5, 0.6) is 0 Å². The minimum absolute atomic E-state index is 0.380. The molecule has 0 aromatic rings. The molecule has 0 radical (unpaired) electrons. The Labute approximate surface area is 67.0 Å². The molecule has 0 saturated carbocycles. The SMILES string of the molecule is C=CCCCC(O)C(O)CO. The second-order valence-electron chi connectivity index (χ2n) is 2.54. The van der Waals surface area contributed by atoms with Crippen molar-refractivity contribution in [3.63, 3.8) is 0 Å². The van der Waals surface area contributed by atoms with E-state index < -0.39 is 12.2 Å². The highest BCUT2D eigenvalue weighted by molar-refractivity contribution is 4.70. The molecule has 0 rings (SSSR count). The standard InChI is InChI=1S/C8H16O3/c1-2-3-4-5-7(10)8(11)6-9/h2,7-11H,1,3-6H2. The first-order valence-electron chi connectivity index (χ1n) is 3.80. The summed E-state index contributed by atoms with van der Waals surface area (Å²) in [7, 11) is 0. The van der Waals surface area contributed by atoms with Gasteiger partial charge in [0, 0.05) is 0 Å². The van der Waals surface area contributed by atoms with E-state index >= 15 is 0 Å². The third-order valence-corrected chi connectivity index (χ3v) is 1.54. The Kier molecular flexibility index (Phi) is 6.12. The van der Waals surface area contributed by atoms with E-state index in [2.05, 4.69) is 6.58 Å². The Hall–Kier alpha value is -0.380. The van der Waals surface area contributed by atoms with Gasteiger partial charge >= 0.3 is 0 Å². The summed E-state index contributed by atoms with van der Waals surface area (Å²) in [5.74, 6) is 0. The van der Waals surface area contributed by atoms with E-state index in [1.807, 2.05) is 0 Å². The molecular weight excluding hydrogens is 144 g/mol. The predicted molar refractivity (Wildman–Crippen MR) is 43.1 cm³/mol. The average molecular weight is 160 g/mol. The molecule has 0 saturated heterocycles. The summed E-state index contributed by atoms with van der Waals surface area (Å²) in [6.45, 7) is 3.15. The highest BCUT2D eigenvalue weighted by Gasteiger charge is 2.13. The molecule has 3 N–H and O–H groups in total. The van der Waals surface area contributed by atoms with Crippen molar-refractivity contribution in [2.24, 2.45) is 0 Å². The molecule has 0 aliphatic heterocycles. The molecule has 0 spiro atoms. The largest absolute Gasteiger partial charge is 0.394 e. The molecule has 11 heavy (non-hydrogen) atoms. The lowest BCUT2D eigenvalue weighted by Crippen LogP contribution is -2.28. The van der Waals surface area contributed by atoms with Crippen molar-refractivity contribution < 1.29 is 15.3 Å². The number of unbranched alkanes of at least 4 members (excludes halogenated alkanes) is 1. The number of allylic oxidation sites excluding steroid dienone is 1. The minimum Gasteiger partial charge on any atom is -0.394 e. The molecule has 0 amide bonds. The van der Waals surface area contributed by atoms with Crippen LogP contribution in [0.15, 0.2) is 12.7 Å². The van der Waals surface area contributed by atoms with E-state index in [0.717, 1.165) is 12.8 Å². The van der Waals surface area contributed by atoms with Crippen LogP contribution in [0.4, 0.5) is 0 Å². The average Bonchev–Trinajstić information content (AvgIpc) is 2.03. The van der Waals surface area contributed by atoms with E-state index in [-0.39, 0.29) is 6.61 Å². The number of aliphatic hydroxyl groups is 3. The number of hydrogen-bond donors (Lipinski definition) is 3. The van der Waals surface area contributed by atoms with Crippen molar-refractivity contribution >= 4 is 0 Å². The fourth-order valence-electron chi connectivity index (χ4n) is 0.785. The number of hydrogen-bond acceptors (Lipinski definition) is 3. The summed E-state index contributed by atoms with van der Waals surface area (Å²) in [6, 6.07) is 0. The summed E-state index contributed by atoms with van der Waals surface area (Å²) in [5.41, 5.74) is 0. The normalized spacial score (nSPS) is 15.9. The lowest BCUT2D eigenvalue weighted by atomic mass is 10.1. The Balaban J connectivity index is 3.34. The Morgan fingerprint density at radius 1 is 1.27 bits per heavy atom. The first-order chi connectivity index (χ1) is 5.22. The van der Waals surface area contributed by atoms with Crippen LogP contribution < -0.4 is 0 Å². The van der Waals surface area contributed by atoms with Gasteiger partial charge in [0.1, 0.15) is 6.10 Å². The van der Waals surface area contributed by atoms with Gasteiger partial charge in [0.15, 0.2) is 0 Å². The summed E-state index contributed by atoms with van der Waals surface area (Å²) in [4.78, 5) is 0. The summed E-state index contributed by atoms with van der Waals surface area (Å²) in [6.07, 6.45) is 2.09. The van der Waals surface area contributed by atoms with Gasteiger partial charge in [-0.25, -0.2) is 0 Å². The Bertz CT molecular complexity index is 104. The first-order valence-corrected chi connectivity index (χ1v) is 3.80. The molecule has 0 heterocycles. The molecule has 0 aliphatic rings. The maximum absolute atomic E-state index is 9.10. The van der Waals surface area contributed by atoms with Crippen LogP contribution in [0, 0.1) is 0 Å². The topological polar surface area (TPSA) is 60.7 Å². The van der Waals surface area contributed by atoms with Crippen LogP contribution in [0.3, 0.4) is 0 Å². The van der Waals surface area contributed by atoms with Crippen LogP contribution >= 0.6 is 0 Å². The van der Waals surface area contributed by atoms with Gasteiger partial charge in [-0.1, -0.05) is 6.08 Å². The summed E-state index contributed by atoms with van der Waals surface area (Å²) < 4.78 is 0. The van der Waals surface area contributed by atoms with E-state index in [0.29, 0.717) is 6.42 Å². The van der Waals surface area contributed by atoms with Crippen LogP contribution in [0.1, 0.15) is 19.3 Å². The molecule has 3 heteroatoms. The second kappa shape index (κ2) is 6.34. The third kappa shape index (κ3) is 4.95. The van der Waals surface area contributed by atoms with Crippen molar-refractivity contribution in [1.82, 2.24) is 0 Å². The number of aliphatic hydroxyl groups excluding tert-OH is 3. The molecule has 3 nitrogen and oxygen atoms in total. The molecule has 0 fully saturated rings. The fraction of sp³-hybridized carbons (Fsp3) is 0.750. The van der Waals surface area contributed by atoms with Gasteiger partial charge in [-0.15, -0.1) is 6.58 Å². The number of rotatable bonds is 6. The van der Waals surface area contributed by atoms with Gasteiger partial charge in [-0.05, 0) is 19.3 Å². The lowest BCUT2D eigenvalue weighted by Gasteiger charge is -2.14. The molecule has 0 aromatic carbocycles. The van der Waals surface area contributed by atoms with E-state index in [9.17, 15) is 0 Å². The van der Waals surface area contributed by atoms with Crippen LogP contribution in [0.2, 0.25) is 0 Å². The smallest absolute Gasteiger partial charge is 0.103 e. The third-order valence-electron chi connectivity index (χ3n) is 1.54. The van der Waals surface area contributed by atoms with Crippen molar-refractivity contribution in [3.8, 4) is 0 Å². The van der Waals surface area contributed by atoms with E-state index in [4.69, 9.17) is 15.3 Å². The Morgan fingerprint density at radius 2 is 1.91 bits per heavy atom. The van der Waals surface area contributed by atoms with Gasteiger partial charge in [-0.2, -0.15) is 0 Å².